The van der Waals surface area contributed by atoms with E-state index < -0.39 is 25.2 Å². The summed E-state index contributed by atoms with van der Waals surface area (Å²) in [7, 11) is 0. The van der Waals surface area contributed by atoms with Crippen molar-refractivity contribution in [2.75, 3.05) is 6.61 Å². The number of hydrogen-bond acceptors (Lipinski definition) is 4. The van der Waals surface area contributed by atoms with E-state index in [1.807, 2.05) is 0 Å². The molecule has 2 aromatic rings. The molecule has 0 bridgehead atoms. The van der Waals surface area contributed by atoms with Gasteiger partial charge in [-0.15, -0.1) is 13.2 Å². The summed E-state index contributed by atoms with van der Waals surface area (Å²) in [5.41, 5.74) is 0.988. The Labute approximate surface area is 160 Å². The molecule has 0 aliphatic heterocycles. The second-order valence-corrected chi connectivity index (χ2v) is 5.63. The zero-order chi connectivity index (χ0) is 21.5. The van der Waals surface area contributed by atoms with Gasteiger partial charge in [0.2, 0.25) is 5.88 Å². The molecule has 1 aromatic carbocycles. The predicted molar refractivity (Wildman–Crippen MR) is 88.0 cm³/mol. The van der Waals surface area contributed by atoms with E-state index in [9.17, 15) is 31.1 Å². The van der Waals surface area contributed by atoms with Crippen LogP contribution < -0.4 is 20.1 Å². The first-order valence-corrected chi connectivity index (χ1v) is 8.01. The van der Waals surface area contributed by atoms with Gasteiger partial charge in [0, 0.05) is 25.4 Å². The van der Waals surface area contributed by atoms with E-state index in [2.05, 4.69) is 25.1 Å². The minimum atomic E-state index is -4.79. The van der Waals surface area contributed by atoms with Gasteiger partial charge in [-0.25, -0.2) is 9.78 Å². The zero-order valence-electron chi connectivity index (χ0n) is 14.6. The summed E-state index contributed by atoms with van der Waals surface area (Å²) in [6.45, 7) is -1.45. The van der Waals surface area contributed by atoms with Crippen LogP contribution in [0.5, 0.6) is 11.6 Å². The summed E-state index contributed by atoms with van der Waals surface area (Å²) in [5.74, 6) is -0.616. The molecule has 0 saturated heterocycles. The van der Waals surface area contributed by atoms with Crippen LogP contribution in [0.2, 0.25) is 0 Å². The van der Waals surface area contributed by atoms with Crippen LogP contribution in [0.15, 0.2) is 42.6 Å². The summed E-state index contributed by atoms with van der Waals surface area (Å²) >= 11 is 0. The van der Waals surface area contributed by atoms with E-state index in [4.69, 9.17) is 0 Å². The number of ether oxygens (including phenoxy) is 2. The maximum Gasteiger partial charge on any atom is 0.573 e. The Morgan fingerprint density at radius 2 is 1.55 bits per heavy atom. The van der Waals surface area contributed by atoms with Crippen LogP contribution in [0, 0.1) is 0 Å². The highest BCUT2D eigenvalue weighted by Gasteiger charge is 2.31. The number of halogens is 6. The number of alkyl halides is 6. The number of urea groups is 1. The second-order valence-electron chi connectivity index (χ2n) is 5.63. The zero-order valence-corrected chi connectivity index (χ0v) is 14.6. The highest BCUT2D eigenvalue weighted by Crippen LogP contribution is 2.22. The lowest BCUT2D eigenvalue weighted by atomic mass is 10.2. The van der Waals surface area contributed by atoms with Crippen molar-refractivity contribution in [1.29, 1.82) is 0 Å². The topological polar surface area (TPSA) is 72.5 Å². The van der Waals surface area contributed by atoms with Gasteiger partial charge in [-0.3, -0.25) is 0 Å². The molecule has 1 aromatic heterocycles. The number of aromatic nitrogens is 1. The third-order valence-electron chi connectivity index (χ3n) is 3.25. The van der Waals surface area contributed by atoms with Gasteiger partial charge in [-0.1, -0.05) is 12.1 Å². The monoisotopic (exact) mass is 423 g/mol. The number of rotatable bonds is 7. The lowest BCUT2D eigenvalue weighted by Gasteiger charge is -2.11. The molecule has 12 heteroatoms. The number of benzene rings is 1. The fraction of sp³-hybridized carbons (Fsp3) is 0.294. The SMILES string of the molecule is O=C(NCc1ccc(OC(F)(F)F)cc1)NCc1ccnc(OCC(F)(F)F)c1. The molecule has 0 spiro atoms. The first kappa shape index (κ1) is 22.1. The molecule has 29 heavy (non-hydrogen) atoms. The van der Waals surface area contributed by atoms with E-state index >= 15 is 0 Å². The molecule has 2 rings (SSSR count). The Bertz CT molecular complexity index is 809. The molecule has 0 fully saturated rings. The smallest absolute Gasteiger partial charge is 0.468 e. The van der Waals surface area contributed by atoms with Gasteiger partial charge in [0.15, 0.2) is 6.61 Å². The van der Waals surface area contributed by atoms with E-state index in [0.717, 1.165) is 12.1 Å². The van der Waals surface area contributed by atoms with Crippen LogP contribution in [0.1, 0.15) is 11.1 Å². The maximum absolute atomic E-state index is 12.1. The minimum absolute atomic E-state index is 0.00487. The molecule has 0 aliphatic carbocycles. The van der Waals surface area contributed by atoms with Crippen molar-refractivity contribution in [3.05, 3.63) is 53.7 Å². The van der Waals surface area contributed by atoms with Gasteiger partial charge in [-0.05, 0) is 29.3 Å². The normalized spacial score (nSPS) is 11.7. The Morgan fingerprint density at radius 1 is 0.931 bits per heavy atom. The number of carbonyl (C=O) groups is 1. The lowest BCUT2D eigenvalue weighted by molar-refractivity contribution is -0.274. The van der Waals surface area contributed by atoms with Crippen molar-refractivity contribution >= 4 is 6.03 Å². The highest BCUT2D eigenvalue weighted by atomic mass is 19.4. The Hall–Kier alpha value is -3.18. The molecular formula is C17H15F6N3O3. The van der Waals surface area contributed by atoms with Gasteiger partial charge >= 0.3 is 18.6 Å². The number of nitrogens with zero attached hydrogens (tertiary/aromatic N) is 1. The van der Waals surface area contributed by atoms with E-state index in [1.165, 1.54) is 30.5 Å². The van der Waals surface area contributed by atoms with Crippen molar-refractivity contribution in [3.8, 4) is 11.6 Å². The summed E-state index contributed by atoms with van der Waals surface area (Å²) in [6, 6.07) is 7.09. The first-order chi connectivity index (χ1) is 13.5. The molecule has 0 radical (unpaired) electrons. The molecule has 0 atom stereocenters. The molecule has 0 saturated carbocycles. The predicted octanol–water partition coefficient (Wildman–Crippen LogP) is 3.92. The van der Waals surface area contributed by atoms with Crippen molar-refractivity contribution in [2.24, 2.45) is 0 Å². The van der Waals surface area contributed by atoms with Gasteiger partial charge in [-0.2, -0.15) is 13.2 Å². The molecule has 0 unspecified atom stereocenters. The maximum atomic E-state index is 12.1. The molecule has 2 N–H and O–H groups in total. The summed E-state index contributed by atoms with van der Waals surface area (Å²) in [4.78, 5) is 15.4. The largest absolute Gasteiger partial charge is 0.573 e. The standard InChI is InChI=1S/C17H15F6N3O3/c18-16(19,20)10-28-14-7-12(5-6-24-14)9-26-15(27)25-8-11-1-3-13(4-2-11)29-17(21,22)23/h1-7H,8-10H2,(H2,25,26,27). The molecule has 1 heterocycles. The number of amides is 2. The van der Waals surface area contributed by atoms with Crippen molar-refractivity contribution in [3.63, 3.8) is 0 Å². The summed E-state index contributed by atoms with van der Waals surface area (Å²) in [5, 5.41) is 4.97. The number of pyridine rings is 1. The summed E-state index contributed by atoms with van der Waals surface area (Å²) < 4.78 is 81.0. The summed E-state index contributed by atoms with van der Waals surface area (Å²) in [6.07, 6.45) is -8.04. The van der Waals surface area contributed by atoms with Crippen LogP contribution in [0.3, 0.4) is 0 Å². The van der Waals surface area contributed by atoms with Crippen LogP contribution in [0.4, 0.5) is 31.1 Å². The quantitative estimate of drug-likeness (QED) is 0.663. The van der Waals surface area contributed by atoms with Gasteiger partial charge < -0.3 is 20.1 Å². The number of hydrogen-bond donors (Lipinski definition) is 2. The minimum Gasteiger partial charge on any atom is -0.468 e. The third kappa shape index (κ3) is 9.04. The average molecular weight is 423 g/mol. The first-order valence-electron chi connectivity index (χ1n) is 8.01. The lowest BCUT2D eigenvalue weighted by Crippen LogP contribution is -2.34. The average Bonchev–Trinajstić information content (AvgIpc) is 2.63. The van der Waals surface area contributed by atoms with Crippen molar-refractivity contribution < 1.29 is 40.6 Å². The van der Waals surface area contributed by atoms with E-state index in [-0.39, 0.29) is 24.7 Å². The molecule has 6 nitrogen and oxygen atoms in total. The third-order valence-corrected chi connectivity index (χ3v) is 3.25. The Morgan fingerprint density at radius 3 is 2.14 bits per heavy atom. The van der Waals surface area contributed by atoms with Gasteiger partial charge in [0.25, 0.3) is 0 Å². The van der Waals surface area contributed by atoms with E-state index in [1.54, 1.807) is 0 Å². The van der Waals surface area contributed by atoms with E-state index in [0.29, 0.717) is 11.1 Å². The fourth-order valence-corrected chi connectivity index (χ4v) is 2.03. The number of carbonyl (C=O) groups excluding carboxylic acids is 1. The van der Waals surface area contributed by atoms with Gasteiger partial charge in [0.1, 0.15) is 5.75 Å². The van der Waals surface area contributed by atoms with Crippen LogP contribution in [-0.2, 0) is 13.1 Å². The van der Waals surface area contributed by atoms with Crippen LogP contribution in [0.25, 0.3) is 0 Å². The van der Waals surface area contributed by atoms with Crippen molar-refractivity contribution in [2.45, 2.75) is 25.6 Å². The molecule has 2 amide bonds. The van der Waals surface area contributed by atoms with Gasteiger partial charge in [0.05, 0.1) is 0 Å². The highest BCUT2D eigenvalue weighted by molar-refractivity contribution is 5.73. The fourth-order valence-electron chi connectivity index (χ4n) is 2.03. The van der Waals surface area contributed by atoms with Crippen molar-refractivity contribution in [1.82, 2.24) is 15.6 Å². The molecule has 158 valence electrons. The Kier molecular flexibility index (Phi) is 7.13. The van der Waals surface area contributed by atoms with Crippen LogP contribution in [-0.4, -0.2) is 30.2 Å². The van der Waals surface area contributed by atoms with Crippen LogP contribution >= 0.6 is 0 Å². The Balaban J connectivity index is 1.77. The second kappa shape index (κ2) is 9.34. The molecule has 0 aliphatic rings. The molecular weight excluding hydrogens is 408 g/mol. The number of nitrogens with one attached hydrogen (secondary N) is 2.